The van der Waals surface area contributed by atoms with E-state index in [0.29, 0.717) is 0 Å². The van der Waals surface area contributed by atoms with Gasteiger partial charge in [0.2, 0.25) is 0 Å². The molecule has 2 N–H and O–H groups in total. The molecule has 5 heteroatoms. The van der Waals surface area contributed by atoms with Crippen LogP contribution in [0.4, 0.5) is 0 Å². The van der Waals surface area contributed by atoms with Crippen LogP contribution in [0.3, 0.4) is 0 Å². The van der Waals surface area contributed by atoms with Crippen LogP contribution in [0, 0.1) is 0 Å². The largest absolute Gasteiger partial charge is 0.412 e. The maximum Gasteiger partial charge on any atom is -0.412 e. The molecule has 0 aromatic carbocycles. The van der Waals surface area contributed by atoms with Crippen molar-refractivity contribution in [2.75, 3.05) is 0 Å². The average Bonchev–Trinajstić information content (AvgIpc) is 0.722. The second kappa shape index (κ2) is 3.73. The first-order valence-corrected chi connectivity index (χ1v) is 4.80. The molecule has 0 bridgehead atoms. The van der Waals surface area contributed by atoms with Crippen LogP contribution in [-0.4, -0.2) is 6.78 Å². The molecule has 0 aliphatic rings. The Morgan fingerprint density at radius 1 is 1.17 bits per heavy atom. The van der Waals surface area contributed by atoms with E-state index in [-0.39, 0.29) is 31.6 Å². The molecule has 0 atom stereocenters. The van der Waals surface area contributed by atoms with Gasteiger partial charge in [0.1, 0.15) is 0 Å². The molecule has 0 heterocycles. The second-order valence-corrected chi connectivity index (χ2v) is 12.5. The third kappa shape index (κ3) is 42.0. The van der Waals surface area contributed by atoms with Crippen LogP contribution in [0.15, 0.2) is 0 Å². The summed E-state index contributed by atoms with van der Waals surface area (Å²) < 4.78 is -0.889. The zero-order valence-electron chi connectivity index (χ0n) is 2.84. The van der Waals surface area contributed by atoms with E-state index >= 15 is 0 Å². The fraction of sp³-hybridized carbons (Fsp3) is 1.00. The predicted molar refractivity (Wildman–Crippen MR) is 23.9 cm³/mol. The van der Waals surface area contributed by atoms with Crippen LogP contribution in [-0.2, 0) is 26.1 Å². The topological polar surface area (TPSA) is 31.5 Å². The van der Waals surface area contributed by atoms with Crippen LogP contribution in [0.5, 0.6) is 0 Å². The van der Waals surface area contributed by atoms with Gasteiger partial charge in [-0.15, -0.1) is 0 Å². The summed E-state index contributed by atoms with van der Waals surface area (Å²) in [6.45, 7) is 0. The number of rotatable bonds is 0. The summed E-state index contributed by atoms with van der Waals surface area (Å²) >= 11 is 15.7. The minimum Gasteiger partial charge on any atom is -0.412 e. The van der Waals surface area contributed by atoms with E-state index in [1.807, 2.05) is 0 Å². The van der Waals surface area contributed by atoms with Gasteiger partial charge < -0.3 is 5.48 Å². The minimum absolute atomic E-state index is 0. The maximum absolute atomic E-state index is 5.15. The Morgan fingerprint density at radius 3 is 1.17 bits per heavy atom. The molecule has 35 valence electrons. The Balaban J connectivity index is 0. The summed E-state index contributed by atoms with van der Waals surface area (Å²) in [5.74, 6) is 0. The molecule has 0 saturated carbocycles. The fourth-order valence-electron chi connectivity index (χ4n) is 0. The third-order valence-corrected chi connectivity index (χ3v) is 0. The van der Waals surface area contributed by atoms with Gasteiger partial charge >= 0.3 is 62.2 Å². The van der Waals surface area contributed by atoms with Crippen molar-refractivity contribution in [1.82, 2.24) is 0 Å². The number of alkyl halides is 3. The maximum atomic E-state index is 5.15. The van der Waals surface area contributed by atoms with E-state index in [2.05, 4.69) is 0 Å². The Kier molecular flexibility index (Phi) is 6.65. The molecule has 6 heavy (non-hydrogen) atoms. The van der Waals surface area contributed by atoms with Crippen molar-refractivity contribution < 1.29 is 31.6 Å². The predicted octanol–water partition coefficient (Wildman–Crippen LogP) is 1.04. The van der Waals surface area contributed by atoms with Crippen molar-refractivity contribution in [2.24, 2.45) is 0 Å². The molecule has 0 rings (SSSR count). The first-order valence-electron chi connectivity index (χ1n) is 0.921. The first-order chi connectivity index (χ1) is 2.00. The quantitative estimate of drug-likeness (QED) is 0.467. The van der Waals surface area contributed by atoms with Gasteiger partial charge in [-0.2, -0.15) is 0 Å². The normalized spacial score (nSPS) is 10.2. The Labute approximate surface area is 67.2 Å². The van der Waals surface area contributed by atoms with Crippen LogP contribution in [0.2, 0.25) is 0 Å². The van der Waals surface area contributed by atoms with Crippen molar-refractivity contribution in [3.8, 4) is 0 Å². The van der Waals surface area contributed by atoms with Crippen molar-refractivity contribution >= 4 is 34.8 Å². The number of hydrogen-bond acceptors (Lipinski definition) is 0. The number of hydrogen-bond donors (Lipinski definition) is 0. The van der Waals surface area contributed by atoms with E-state index in [1.165, 1.54) is 0 Å². The van der Waals surface area contributed by atoms with E-state index in [4.69, 9.17) is 34.8 Å². The second-order valence-electron chi connectivity index (χ2n) is 0.615. The van der Waals surface area contributed by atoms with E-state index < -0.39 is 1.30 Å². The van der Waals surface area contributed by atoms with Crippen LogP contribution in [0.1, 0.15) is 0 Å². The van der Waals surface area contributed by atoms with E-state index in [9.17, 15) is 0 Å². The smallest absolute Gasteiger partial charge is 0.412 e. The molecule has 1 nitrogen and oxygen atoms in total. The molecule has 0 aliphatic carbocycles. The Bertz CT molecular complexity index is 26.3. The molecule has 0 unspecified atom stereocenters. The molecule has 0 amide bonds. The molecular formula is CH2Cl3HgO. The van der Waals surface area contributed by atoms with Crippen molar-refractivity contribution in [3.63, 3.8) is 0 Å². The SMILES string of the molecule is Cl[C](Cl)(Cl)[Hg].O. The monoisotopic (exact) mass is 337 g/mol. The van der Waals surface area contributed by atoms with Crippen LogP contribution < -0.4 is 0 Å². The standard InChI is InChI=1S/CCl3.Hg.H2O/c2-1(3)4;;/h;;1H2. The van der Waals surface area contributed by atoms with Gasteiger partial charge in [-0.3, -0.25) is 0 Å². The summed E-state index contributed by atoms with van der Waals surface area (Å²) in [5, 5.41) is 0. The van der Waals surface area contributed by atoms with Gasteiger partial charge in [-0.05, 0) is 0 Å². The molecule has 0 aliphatic heterocycles. The summed E-state index contributed by atoms with van der Waals surface area (Å²) in [5.41, 5.74) is 0. The zero-order valence-corrected chi connectivity index (χ0v) is 10.6. The zero-order chi connectivity index (χ0) is 4.50. The molecular weight excluding hydrogens is 335 g/mol. The summed E-state index contributed by atoms with van der Waals surface area (Å²) in [6.07, 6.45) is 0. The summed E-state index contributed by atoms with van der Waals surface area (Å²) in [4.78, 5) is 0. The number of halogens is 3. The van der Waals surface area contributed by atoms with E-state index in [0.717, 1.165) is 0 Å². The molecule has 0 fully saturated rings. The van der Waals surface area contributed by atoms with Gasteiger partial charge in [0, 0.05) is 0 Å². The van der Waals surface area contributed by atoms with Gasteiger partial charge in [-0.25, -0.2) is 0 Å². The summed E-state index contributed by atoms with van der Waals surface area (Å²) in [7, 11) is 0. The van der Waals surface area contributed by atoms with Crippen LogP contribution in [0.25, 0.3) is 0 Å². The van der Waals surface area contributed by atoms with Gasteiger partial charge in [0.25, 0.3) is 0 Å². The molecule has 0 saturated heterocycles. The minimum atomic E-state index is -0.889. The molecule has 0 aromatic rings. The molecule has 0 aromatic heterocycles. The molecule has 0 spiro atoms. The van der Waals surface area contributed by atoms with Crippen molar-refractivity contribution in [2.45, 2.75) is 1.30 Å². The van der Waals surface area contributed by atoms with Gasteiger partial charge in [0.15, 0.2) is 0 Å². The van der Waals surface area contributed by atoms with Crippen molar-refractivity contribution in [1.29, 1.82) is 0 Å². The van der Waals surface area contributed by atoms with Crippen molar-refractivity contribution in [3.05, 3.63) is 0 Å². The Morgan fingerprint density at radius 2 is 1.17 bits per heavy atom. The first kappa shape index (κ1) is 10.7. The fourth-order valence-corrected chi connectivity index (χ4v) is 0. The van der Waals surface area contributed by atoms with Gasteiger partial charge in [0.05, 0.1) is 0 Å². The van der Waals surface area contributed by atoms with Crippen LogP contribution >= 0.6 is 34.8 Å². The average molecular weight is 337 g/mol. The summed E-state index contributed by atoms with van der Waals surface area (Å²) in [6, 6.07) is 0. The van der Waals surface area contributed by atoms with Gasteiger partial charge in [-0.1, -0.05) is 0 Å². The Hall–Kier alpha value is 1.77. The third-order valence-electron chi connectivity index (χ3n) is 0. The molecule has 0 radical (unpaired) electrons. The van der Waals surface area contributed by atoms with E-state index in [1.54, 1.807) is 0 Å².